The summed E-state index contributed by atoms with van der Waals surface area (Å²) in [5.41, 5.74) is 5.57. The molecule has 0 saturated heterocycles. The molecule has 2 N–H and O–H groups in total. The Morgan fingerprint density at radius 3 is 3.00 bits per heavy atom. The monoisotopic (exact) mass is 315 g/mol. The first-order valence-electron chi connectivity index (χ1n) is 5.47. The third-order valence-corrected chi connectivity index (χ3v) is 4.13. The zero-order chi connectivity index (χ0) is 12.3. The van der Waals surface area contributed by atoms with Crippen LogP contribution in [-0.2, 0) is 6.42 Å². The normalized spacial score (nSPS) is 12.9. The van der Waals surface area contributed by atoms with Crippen LogP contribution in [0.1, 0.15) is 19.2 Å². The lowest BCUT2D eigenvalue weighted by Crippen LogP contribution is -2.11. The lowest BCUT2D eigenvalue weighted by molar-refractivity contribution is 0.366. The highest BCUT2D eigenvalue weighted by atomic mass is 79.9. The van der Waals surface area contributed by atoms with Gasteiger partial charge >= 0.3 is 0 Å². The second-order valence-corrected chi connectivity index (χ2v) is 6.46. The number of hydrogen-bond donors (Lipinski definition) is 1. The molecule has 2 rings (SSSR count). The summed E-state index contributed by atoms with van der Waals surface area (Å²) in [4.78, 5) is 5.38. The van der Waals surface area contributed by atoms with E-state index >= 15 is 0 Å². The SMILES string of the molecule is CC(CN)CCc1nc(-c2ccc(Br)s2)no1. The minimum absolute atomic E-state index is 0.487. The number of rotatable bonds is 5. The molecule has 92 valence electrons. The number of hydrogen-bond acceptors (Lipinski definition) is 5. The predicted octanol–water partition coefficient (Wildman–Crippen LogP) is 3.09. The molecule has 2 heterocycles. The van der Waals surface area contributed by atoms with Crippen molar-refractivity contribution in [3.05, 3.63) is 21.8 Å². The minimum Gasteiger partial charge on any atom is -0.339 e. The van der Waals surface area contributed by atoms with Crippen molar-refractivity contribution in [3.63, 3.8) is 0 Å². The fraction of sp³-hybridized carbons (Fsp3) is 0.455. The molecule has 0 fully saturated rings. The van der Waals surface area contributed by atoms with Gasteiger partial charge in [-0.1, -0.05) is 12.1 Å². The van der Waals surface area contributed by atoms with Crippen LogP contribution in [0.3, 0.4) is 0 Å². The van der Waals surface area contributed by atoms with Crippen molar-refractivity contribution in [2.24, 2.45) is 11.7 Å². The average Bonchev–Trinajstić information content (AvgIpc) is 2.94. The van der Waals surface area contributed by atoms with Gasteiger partial charge in [-0.25, -0.2) is 0 Å². The van der Waals surface area contributed by atoms with Crippen LogP contribution in [0.4, 0.5) is 0 Å². The van der Waals surface area contributed by atoms with Crippen LogP contribution in [0.15, 0.2) is 20.4 Å². The summed E-state index contributed by atoms with van der Waals surface area (Å²) < 4.78 is 6.28. The Morgan fingerprint density at radius 2 is 2.35 bits per heavy atom. The number of thiophene rings is 1. The molecule has 0 saturated carbocycles. The molecule has 0 aliphatic heterocycles. The quantitative estimate of drug-likeness (QED) is 0.920. The summed E-state index contributed by atoms with van der Waals surface area (Å²) in [7, 11) is 0. The lowest BCUT2D eigenvalue weighted by Gasteiger charge is -2.03. The van der Waals surface area contributed by atoms with E-state index in [1.165, 1.54) is 0 Å². The van der Waals surface area contributed by atoms with Crippen molar-refractivity contribution < 1.29 is 4.52 Å². The number of nitrogens with zero attached hydrogens (tertiary/aromatic N) is 2. The molecular formula is C11H14BrN3OS. The summed E-state index contributed by atoms with van der Waals surface area (Å²) in [6, 6.07) is 3.96. The first kappa shape index (κ1) is 12.7. The van der Waals surface area contributed by atoms with Crippen LogP contribution in [0.2, 0.25) is 0 Å². The Kier molecular flexibility index (Phi) is 4.31. The van der Waals surface area contributed by atoms with E-state index in [1.807, 2.05) is 12.1 Å². The topological polar surface area (TPSA) is 64.9 Å². The van der Waals surface area contributed by atoms with Crippen LogP contribution >= 0.6 is 27.3 Å². The van der Waals surface area contributed by atoms with E-state index in [9.17, 15) is 0 Å². The van der Waals surface area contributed by atoms with E-state index in [1.54, 1.807) is 11.3 Å². The Balaban J connectivity index is 2.01. The summed E-state index contributed by atoms with van der Waals surface area (Å²) in [5.74, 6) is 1.84. The third kappa shape index (κ3) is 3.37. The van der Waals surface area contributed by atoms with Crippen molar-refractivity contribution in [2.75, 3.05) is 6.54 Å². The molecule has 2 aromatic heterocycles. The predicted molar refractivity (Wildman–Crippen MR) is 71.9 cm³/mol. The van der Waals surface area contributed by atoms with Gasteiger partial charge in [-0.05, 0) is 46.9 Å². The standard InChI is InChI=1S/C11H14BrN3OS/c1-7(6-13)2-5-10-14-11(15-16-10)8-3-4-9(12)17-8/h3-4,7H,2,5-6,13H2,1H3. The first-order valence-corrected chi connectivity index (χ1v) is 7.08. The smallest absolute Gasteiger partial charge is 0.226 e. The first-order chi connectivity index (χ1) is 8.19. The van der Waals surface area contributed by atoms with Crippen LogP contribution in [0.25, 0.3) is 10.7 Å². The van der Waals surface area contributed by atoms with Crippen LogP contribution in [-0.4, -0.2) is 16.7 Å². The second kappa shape index (κ2) is 5.75. The maximum Gasteiger partial charge on any atom is 0.226 e. The summed E-state index contributed by atoms with van der Waals surface area (Å²) in [6.45, 7) is 2.81. The Bertz CT molecular complexity index is 483. The summed E-state index contributed by atoms with van der Waals surface area (Å²) in [5, 5.41) is 3.98. The van der Waals surface area contributed by atoms with Crippen molar-refractivity contribution >= 4 is 27.3 Å². The molecule has 0 amide bonds. The van der Waals surface area contributed by atoms with Crippen LogP contribution in [0.5, 0.6) is 0 Å². The zero-order valence-corrected chi connectivity index (χ0v) is 11.9. The van der Waals surface area contributed by atoms with Gasteiger partial charge < -0.3 is 10.3 Å². The molecule has 4 nitrogen and oxygen atoms in total. The van der Waals surface area contributed by atoms with Gasteiger partial charge in [-0.15, -0.1) is 11.3 Å². The van der Waals surface area contributed by atoms with Gasteiger partial charge in [-0.3, -0.25) is 0 Å². The largest absolute Gasteiger partial charge is 0.339 e. The van der Waals surface area contributed by atoms with Crippen molar-refractivity contribution in [1.82, 2.24) is 10.1 Å². The fourth-order valence-corrected chi connectivity index (χ4v) is 2.69. The maximum atomic E-state index is 5.57. The molecule has 17 heavy (non-hydrogen) atoms. The van der Waals surface area contributed by atoms with Crippen molar-refractivity contribution in [2.45, 2.75) is 19.8 Å². The molecule has 0 aromatic carbocycles. The molecule has 1 unspecified atom stereocenters. The highest BCUT2D eigenvalue weighted by Crippen LogP contribution is 2.29. The molecule has 0 bridgehead atoms. The molecule has 0 radical (unpaired) electrons. The number of nitrogens with two attached hydrogens (primary N) is 1. The highest BCUT2D eigenvalue weighted by Gasteiger charge is 2.11. The second-order valence-electron chi connectivity index (χ2n) is 4.00. The van der Waals surface area contributed by atoms with E-state index in [4.69, 9.17) is 10.3 Å². The van der Waals surface area contributed by atoms with Crippen molar-refractivity contribution in [1.29, 1.82) is 0 Å². The lowest BCUT2D eigenvalue weighted by atomic mass is 10.1. The van der Waals surface area contributed by atoms with Crippen LogP contribution in [0, 0.1) is 5.92 Å². The fourth-order valence-electron chi connectivity index (χ4n) is 1.38. The highest BCUT2D eigenvalue weighted by molar-refractivity contribution is 9.11. The van der Waals surface area contributed by atoms with E-state index in [-0.39, 0.29) is 0 Å². The van der Waals surface area contributed by atoms with Gasteiger partial charge in [0.2, 0.25) is 11.7 Å². The van der Waals surface area contributed by atoms with E-state index in [2.05, 4.69) is 33.0 Å². The molecule has 0 aliphatic rings. The van der Waals surface area contributed by atoms with Gasteiger partial charge in [-0.2, -0.15) is 4.98 Å². The van der Waals surface area contributed by atoms with E-state index in [0.29, 0.717) is 24.2 Å². The van der Waals surface area contributed by atoms with Gasteiger partial charge in [0.1, 0.15) is 0 Å². The summed E-state index contributed by atoms with van der Waals surface area (Å²) in [6.07, 6.45) is 1.77. The maximum absolute atomic E-state index is 5.57. The third-order valence-electron chi connectivity index (χ3n) is 2.52. The molecular weight excluding hydrogens is 302 g/mol. The Hall–Kier alpha value is -0.720. The Labute approximate surface area is 112 Å². The van der Waals surface area contributed by atoms with Gasteiger partial charge in [0, 0.05) is 6.42 Å². The average molecular weight is 316 g/mol. The number of halogens is 1. The van der Waals surface area contributed by atoms with Gasteiger partial charge in [0.25, 0.3) is 0 Å². The number of aromatic nitrogens is 2. The van der Waals surface area contributed by atoms with E-state index in [0.717, 1.165) is 21.5 Å². The summed E-state index contributed by atoms with van der Waals surface area (Å²) >= 11 is 5.01. The van der Waals surface area contributed by atoms with E-state index < -0.39 is 0 Å². The molecule has 2 aromatic rings. The zero-order valence-electron chi connectivity index (χ0n) is 9.52. The molecule has 6 heteroatoms. The Morgan fingerprint density at radius 1 is 1.53 bits per heavy atom. The number of aryl methyl sites for hydroxylation is 1. The minimum atomic E-state index is 0.487. The van der Waals surface area contributed by atoms with Crippen molar-refractivity contribution in [3.8, 4) is 10.7 Å². The molecule has 0 aliphatic carbocycles. The van der Waals surface area contributed by atoms with Crippen LogP contribution < -0.4 is 5.73 Å². The van der Waals surface area contributed by atoms with Gasteiger partial charge in [0.05, 0.1) is 8.66 Å². The van der Waals surface area contributed by atoms with Gasteiger partial charge in [0.15, 0.2) is 0 Å². The molecule has 0 spiro atoms. The molecule has 1 atom stereocenters.